The first kappa shape index (κ1) is 13.7. The molecule has 0 amide bonds. The molecular formula is C13H11FN4O2S. The van der Waals surface area contributed by atoms with Crippen LogP contribution < -0.4 is 0 Å². The lowest BCUT2D eigenvalue weighted by Crippen LogP contribution is -1.80. The molecule has 0 aliphatic rings. The zero-order valence-electron chi connectivity index (χ0n) is 11.1. The number of benzene rings is 1. The lowest BCUT2D eigenvalue weighted by Gasteiger charge is -1.93. The number of nitrogens with zero attached hydrogens (tertiary/aromatic N) is 4. The van der Waals surface area contributed by atoms with Gasteiger partial charge in [0, 0.05) is 12.0 Å². The summed E-state index contributed by atoms with van der Waals surface area (Å²) in [6.45, 7) is 1.94. The van der Waals surface area contributed by atoms with Gasteiger partial charge in [0.25, 0.3) is 5.22 Å². The van der Waals surface area contributed by atoms with Crippen molar-refractivity contribution in [3.05, 3.63) is 41.9 Å². The van der Waals surface area contributed by atoms with E-state index in [9.17, 15) is 4.39 Å². The number of rotatable bonds is 5. The van der Waals surface area contributed by atoms with Gasteiger partial charge in [-0.1, -0.05) is 18.7 Å². The van der Waals surface area contributed by atoms with Gasteiger partial charge in [-0.2, -0.15) is 0 Å². The van der Waals surface area contributed by atoms with Gasteiger partial charge in [0.2, 0.25) is 17.7 Å². The van der Waals surface area contributed by atoms with Gasteiger partial charge in [-0.05, 0) is 24.3 Å². The largest absolute Gasteiger partial charge is 0.420 e. The first-order valence-electron chi connectivity index (χ1n) is 6.28. The van der Waals surface area contributed by atoms with Crippen LogP contribution in [-0.4, -0.2) is 20.4 Å². The summed E-state index contributed by atoms with van der Waals surface area (Å²) in [5, 5.41) is 16.1. The number of aromatic nitrogens is 4. The summed E-state index contributed by atoms with van der Waals surface area (Å²) in [6.07, 6.45) is 0.697. The molecule has 0 bridgehead atoms. The fourth-order valence-corrected chi connectivity index (χ4v) is 2.20. The van der Waals surface area contributed by atoms with Crippen molar-refractivity contribution in [2.75, 3.05) is 0 Å². The van der Waals surface area contributed by atoms with Crippen molar-refractivity contribution >= 4 is 11.8 Å². The quantitative estimate of drug-likeness (QED) is 0.670. The fraction of sp³-hybridized carbons (Fsp3) is 0.231. The Labute approximate surface area is 123 Å². The summed E-state index contributed by atoms with van der Waals surface area (Å²) >= 11 is 1.32. The molecule has 6 nitrogen and oxygen atoms in total. The third-order valence-corrected chi connectivity index (χ3v) is 3.43. The molecule has 0 aliphatic carbocycles. The molecule has 8 heteroatoms. The van der Waals surface area contributed by atoms with E-state index >= 15 is 0 Å². The molecule has 0 spiro atoms. The van der Waals surface area contributed by atoms with E-state index in [0.717, 1.165) is 0 Å². The van der Waals surface area contributed by atoms with Gasteiger partial charge >= 0.3 is 0 Å². The molecule has 3 rings (SSSR count). The van der Waals surface area contributed by atoms with E-state index in [2.05, 4.69) is 20.4 Å². The summed E-state index contributed by atoms with van der Waals surface area (Å²) < 4.78 is 23.7. The summed E-state index contributed by atoms with van der Waals surface area (Å²) in [7, 11) is 0. The molecule has 0 fully saturated rings. The van der Waals surface area contributed by atoms with Crippen molar-refractivity contribution < 1.29 is 13.2 Å². The molecule has 0 saturated heterocycles. The highest BCUT2D eigenvalue weighted by atomic mass is 32.2. The van der Waals surface area contributed by atoms with Crippen LogP contribution in [0, 0.1) is 5.82 Å². The van der Waals surface area contributed by atoms with Crippen LogP contribution in [0.25, 0.3) is 11.5 Å². The van der Waals surface area contributed by atoms with Gasteiger partial charge in [-0.25, -0.2) is 4.39 Å². The minimum atomic E-state index is -0.308. The van der Waals surface area contributed by atoms with Crippen LogP contribution >= 0.6 is 11.8 Å². The molecule has 1 aromatic carbocycles. The van der Waals surface area contributed by atoms with Gasteiger partial charge in [-0.15, -0.1) is 20.4 Å². The summed E-state index contributed by atoms with van der Waals surface area (Å²) in [4.78, 5) is 0. The Morgan fingerprint density at radius 1 is 1.00 bits per heavy atom. The van der Waals surface area contributed by atoms with Crippen LogP contribution in [0.5, 0.6) is 0 Å². The Morgan fingerprint density at radius 2 is 1.76 bits per heavy atom. The molecule has 21 heavy (non-hydrogen) atoms. The van der Waals surface area contributed by atoms with E-state index in [4.69, 9.17) is 8.83 Å². The predicted molar refractivity (Wildman–Crippen MR) is 72.9 cm³/mol. The highest BCUT2D eigenvalue weighted by molar-refractivity contribution is 7.98. The lowest BCUT2D eigenvalue weighted by molar-refractivity contribution is 0.416. The SMILES string of the molecule is CCc1nnc(SCc2nnc(-c3ccc(F)cc3)o2)o1. The van der Waals surface area contributed by atoms with Crippen molar-refractivity contribution in [2.24, 2.45) is 0 Å². The van der Waals surface area contributed by atoms with Crippen molar-refractivity contribution in [3.8, 4) is 11.5 Å². The third kappa shape index (κ3) is 3.27. The van der Waals surface area contributed by atoms with E-state index in [1.54, 1.807) is 12.1 Å². The number of thioether (sulfide) groups is 1. The smallest absolute Gasteiger partial charge is 0.277 e. The maximum Gasteiger partial charge on any atom is 0.277 e. The molecule has 0 aliphatic heterocycles. The highest BCUT2D eigenvalue weighted by Crippen LogP contribution is 2.23. The van der Waals surface area contributed by atoms with Gasteiger partial charge in [0.05, 0.1) is 5.75 Å². The topological polar surface area (TPSA) is 77.8 Å². The fourth-order valence-electron chi connectivity index (χ4n) is 1.58. The normalized spacial score (nSPS) is 11.0. The lowest BCUT2D eigenvalue weighted by atomic mass is 10.2. The molecular weight excluding hydrogens is 295 g/mol. The summed E-state index contributed by atoms with van der Waals surface area (Å²) in [6, 6.07) is 5.87. The first-order valence-corrected chi connectivity index (χ1v) is 7.26. The van der Waals surface area contributed by atoms with E-state index in [0.29, 0.717) is 40.6 Å². The van der Waals surface area contributed by atoms with Crippen molar-refractivity contribution in [2.45, 2.75) is 24.3 Å². The minimum absolute atomic E-state index is 0.308. The average molecular weight is 306 g/mol. The Kier molecular flexibility index (Phi) is 3.96. The van der Waals surface area contributed by atoms with Crippen LogP contribution in [0.3, 0.4) is 0 Å². The van der Waals surface area contributed by atoms with Crippen molar-refractivity contribution in [1.29, 1.82) is 0 Å². The zero-order chi connectivity index (χ0) is 14.7. The van der Waals surface area contributed by atoms with Gasteiger partial charge in [-0.3, -0.25) is 0 Å². The van der Waals surface area contributed by atoms with Crippen molar-refractivity contribution in [1.82, 2.24) is 20.4 Å². The predicted octanol–water partition coefficient (Wildman–Crippen LogP) is 3.11. The number of aryl methyl sites for hydroxylation is 1. The third-order valence-electron chi connectivity index (χ3n) is 2.63. The summed E-state index contributed by atoms with van der Waals surface area (Å²) in [5.41, 5.74) is 0.672. The van der Waals surface area contributed by atoms with Gasteiger partial charge in [0.1, 0.15) is 5.82 Å². The molecule has 2 heterocycles. The molecule has 0 radical (unpaired) electrons. The molecule has 3 aromatic rings. The average Bonchev–Trinajstić information content (AvgIpc) is 3.15. The van der Waals surface area contributed by atoms with Crippen molar-refractivity contribution in [3.63, 3.8) is 0 Å². The maximum atomic E-state index is 12.9. The number of halogens is 1. The standard InChI is InChI=1S/C13H11FN4O2S/c1-2-10-15-18-13(20-10)21-7-11-16-17-12(19-11)8-3-5-9(14)6-4-8/h3-6H,2,7H2,1H3. The summed E-state index contributed by atoms with van der Waals surface area (Å²) in [5.74, 6) is 1.51. The van der Waals surface area contributed by atoms with Crippen LogP contribution in [0.15, 0.2) is 38.3 Å². The molecule has 0 atom stereocenters. The maximum absolute atomic E-state index is 12.9. The molecule has 0 saturated carbocycles. The highest BCUT2D eigenvalue weighted by Gasteiger charge is 2.11. The molecule has 2 aromatic heterocycles. The van der Waals surface area contributed by atoms with E-state index in [1.807, 2.05) is 6.92 Å². The van der Waals surface area contributed by atoms with Crippen LogP contribution in [0.4, 0.5) is 4.39 Å². The first-order chi connectivity index (χ1) is 10.2. The molecule has 0 N–H and O–H groups in total. The van der Waals surface area contributed by atoms with Crippen LogP contribution in [0.2, 0.25) is 0 Å². The zero-order valence-corrected chi connectivity index (χ0v) is 11.9. The Hall–Kier alpha value is -2.22. The minimum Gasteiger partial charge on any atom is -0.420 e. The Morgan fingerprint density at radius 3 is 2.48 bits per heavy atom. The van der Waals surface area contributed by atoms with E-state index in [1.165, 1.54) is 23.9 Å². The van der Waals surface area contributed by atoms with Gasteiger partial charge < -0.3 is 8.83 Å². The second-order valence-corrected chi connectivity index (χ2v) is 5.04. The Bertz CT molecular complexity index is 726. The van der Waals surface area contributed by atoms with E-state index < -0.39 is 0 Å². The monoisotopic (exact) mass is 306 g/mol. The Balaban J connectivity index is 1.66. The number of hydrogen-bond donors (Lipinski definition) is 0. The second-order valence-electron chi connectivity index (χ2n) is 4.11. The molecule has 108 valence electrons. The second kappa shape index (κ2) is 6.04. The van der Waals surface area contributed by atoms with E-state index in [-0.39, 0.29) is 5.82 Å². The number of hydrogen-bond acceptors (Lipinski definition) is 7. The van der Waals surface area contributed by atoms with Gasteiger partial charge in [0.15, 0.2) is 0 Å². The van der Waals surface area contributed by atoms with Crippen LogP contribution in [-0.2, 0) is 12.2 Å². The van der Waals surface area contributed by atoms with Crippen LogP contribution in [0.1, 0.15) is 18.7 Å². The molecule has 0 unspecified atom stereocenters.